The predicted octanol–water partition coefficient (Wildman–Crippen LogP) is 1.47. The standard InChI is InChI=1S/C15H18FN3O3S/c1-9(17)15-19-13(8-23-15)14(21)18-6-11(20)7-22-12-4-2-3-10(16)5-12/h2-5,8-9,11,20H,6-7,17H2,1H3,(H,18,21). The second-order valence-corrected chi connectivity index (χ2v) is 5.88. The maximum absolute atomic E-state index is 13.0. The molecule has 0 saturated heterocycles. The van der Waals surface area contributed by atoms with E-state index in [0.29, 0.717) is 10.8 Å². The van der Waals surface area contributed by atoms with Crippen LogP contribution >= 0.6 is 11.3 Å². The number of amides is 1. The molecular formula is C15H18FN3O3S. The minimum atomic E-state index is -0.922. The fourth-order valence-corrected chi connectivity index (χ4v) is 2.47. The Balaban J connectivity index is 1.77. The summed E-state index contributed by atoms with van der Waals surface area (Å²) in [4.78, 5) is 16.0. The molecular weight excluding hydrogens is 321 g/mol. The van der Waals surface area contributed by atoms with Gasteiger partial charge in [-0.15, -0.1) is 11.3 Å². The molecule has 0 fully saturated rings. The molecule has 0 bridgehead atoms. The summed E-state index contributed by atoms with van der Waals surface area (Å²) in [6.07, 6.45) is -0.922. The van der Waals surface area contributed by atoms with Crippen LogP contribution in [0, 0.1) is 5.82 Å². The zero-order valence-electron chi connectivity index (χ0n) is 12.5. The minimum absolute atomic E-state index is 0.000806. The van der Waals surface area contributed by atoms with Gasteiger partial charge in [0.1, 0.15) is 35.0 Å². The monoisotopic (exact) mass is 339 g/mol. The third kappa shape index (κ3) is 5.27. The van der Waals surface area contributed by atoms with E-state index in [4.69, 9.17) is 10.5 Å². The van der Waals surface area contributed by atoms with E-state index in [0.717, 1.165) is 0 Å². The molecule has 0 aliphatic carbocycles. The van der Waals surface area contributed by atoms with E-state index in [1.807, 2.05) is 0 Å². The average Bonchev–Trinajstić information content (AvgIpc) is 3.01. The van der Waals surface area contributed by atoms with E-state index in [9.17, 15) is 14.3 Å². The number of rotatable bonds is 7. The summed E-state index contributed by atoms with van der Waals surface area (Å²) in [6.45, 7) is 1.72. The summed E-state index contributed by atoms with van der Waals surface area (Å²) in [5, 5.41) is 14.6. The van der Waals surface area contributed by atoms with Gasteiger partial charge in [-0.2, -0.15) is 0 Å². The Labute approximate surface area is 137 Å². The Morgan fingerprint density at radius 1 is 1.57 bits per heavy atom. The number of nitrogens with two attached hydrogens (primary N) is 1. The molecule has 0 aliphatic rings. The van der Waals surface area contributed by atoms with Crippen molar-refractivity contribution < 1.29 is 19.0 Å². The van der Waals surface area contributed by atoms with Crippen molar-refractivity contribution in [1.29, 1.82) is 0 Å². The van der Waals surface area contributed by atoms with Crippen molar-refractivity contribution in [2.75, 3.05) is 13.2 Å². The third-order valence-corrected chi connectivity index (χ3v) is 3.93. The van der Waals surface area contributed by atoms with Crippen LogP contribution in [0.4, 0.5) is 4.39 Å². The van der Waals surface area contributed by atoms with Gasteiger partial charge in [-0.25, -0.2) is 9.37 Å². The lowest BCUT2D eigenvalue weighted by atomic mass is 10.3. The van der Waals surface area contributed by atoms with Gasteiger partial charge in [0.25, 0.3) is 5.91 Å². The van der Waals surface area contributed by atoms with Crippen LogP contribution < -0.4 is 15.8 Å². The number of hydrogen-bond acceptors (Lipinski definition) is 6. The van der Waals surface area contributed by atoms with Crippen LogP contribution in [0.15, 0.2) is 29.6 Å². The Bertz CT molecular complexity index is 663. The lowest BCUT2D eigenvalue weighted by molar-refractivity contribution is 0.0840. The number of halogens is 1. The molecule has 2 unspecified atom stereocenters. The van der Waals surface area contributed by atoms with Crippen molar-refractivity contribution in [3.8, 4) is 5.75 Å². The van der Waals surface area contributed by atoms with E-state index in [1.54, 1.807) is 18.4 Å². The van der Waals surface area contributed by atoms with Crippen LogP contribution in [0.1, 0.15) is 28.5 Å². The molecule has 6 nitrogen and oxygen atoms in total. The molecule has 2 rings (SSSR count). The highest BCUT2D eigenvalue weighted by molar-refractivity contribution is 7.09. The van der Waals surface area contributed by atoms with Crippen molar-refractivity contribution >= 4 is 17.2 Å². The second-order valence-electron chi connectivity index (χ2n) is 4.99. The average molecular weight is 339 g/mol. The number of thiazole rings is 1. The summed E-state index contributed by atoms with van der Waals surface area (Å²) in [6, 6.07) is 5.38. The van der Waals surface area contributed by atoms with Gasteiger partial charge in [0.2, 0.25) is 0 Å². The first-order valence-electron chi connectivity index (χ1n) is 7.01. The molecule has 1 amide bonds. The molecule has 2 aromatic rings. The molecule has 23 heavy (non-hydrogen) atoms. The van der Waals surface area contributed by atoms with Crippen LogP contribution in [0.25, 0.3) is 0 Å². The smallest absolute Gasteiger partial charge is 0.270 e. The second kappa shape index (κ2) is 8.00. The number of ether oxygens (including phenoxy) is 1. The first-order chi connectivity index (χ1) is 11.0. The SMILES string of the molecule is CC(N)c1nc(C(=O)NCC(O)COc2cccc(F)c2)cs1. The van der Waals surface area contributed by atoms with Crippen molar-refractivity contribution in [3.05, 3.63) is 46.2 Å². The molecule has 0 spiro atoms. The van der Waals surface area contributed by atoms with Gasteiger partial charge < -0.3 is 20.9 Å². The van der Waals surface area contributed by atoms with E-state index in [2.05, 4.69) is 10.3 Å². The molecule has 1 aromatic carbocycles. The Kier molecular flexibility index (Phi) is 6.03. The van der Waals surface area contributed by atoms with Gasteiger partial charge >= 0.3 is 0 Å². The van der Waals surface area contributed by atoms with E-state index >= 15 is 0 Å². The maximum Gasteiger partial charge on any atom is 0.270 e. The normalized spacial score (nSPS) is 13.4. The highest BCUT2D eigenvalue weighted by Gasteiger charge is 2.14. The quantitative estimate of drug-likeness (QED) is 0.710. The number of hydrogen-bond donors (Lipinski definition) is 3. The number of aliphatic hydroxyl groups is 1. The van der Waals surface area contributed by atoms with Crippen molar-refractivity contribution in [1.82, 2.24) is 10.3 Å². The molecule has 0 aliphatic heterocycles. The molecule has 0 saturated carbocycles. The lowest BCUT2D eigenvalue weighted by Crippen LogP contribution is -2.35. The fourth-order valence-electron chi connectivity index (χ4n) is 1.71. The summed E-state index contributed by atoms with van der Waals surface area (Å²) in [7, 11) is 0. The zero-order chi connectivity index (χ0) is 16.8. The van der Waals surface area contributed by atoms with Crippen LogP contribution in [0.5, 0.6) is 5.75 Å². The highest BCUT2D eigenvalue weighted by Crippen LogP contribution is 2.15. The molecule has 2 atom stereocenters. The summed E-state index contributed by atoms with van der Waals surface area (Å²) >= 11 is 1.31. The lowest BCUT2D eigenvalue weighted by Gasteiger charge is -2.13. The van der Waals surface area contributed by atoms with Gasteiger partial charge in [-0.05, 0) is 19.1 Å². The zero-order valence-corrected chi connectivity index (χ0v) is 13.3. The summed E-state index contributed by atoms with van der Waals surface area (Å²) < 4.78 is 18.2. The van der Waals surface area contributed by atoms with Crippen LogP contribution in [0.2, 0.25) is 0 Å². The summed E-state index contributed by atoms with van der Waals surface area (Å²) in [5.41, 5.74) is 5.95. The molecule has 4 N–H and O–H groups in total. The van der Waals surface area contributed by atoms with E-state index in [1.165, 1.54) is 29.5 Å². The number of nitrogens with one attached hydrogen (secondary N) is 1. The Morgan fingerprint density at radius 2 is 2.35 bits per heavy atom. The van der Waals surface area contributed by atoms with Crippen LogP contribution in [0.3, 0.4) is 0 Å². The maximum atomic E-state index is 13.0. The number of nitrogens with zero attached hydrogens (tertiary/aromatic N) is 1. The van der Waals surface area contributed by atoms with Gasteiger partial charge in [0.15, 0.2) is 0 Å². The molecule has 1 aromatic heterocycles. The van der Waals surface area contributed by atoms with E-state index < -0.39 is 17.8 Å². The Hall–Kier alpha value is -2.03. The van der Waals surface area contributed by atoms with Gasteiger partial charge in [0, 0.05) is 18.0 Å². The number of benzene rings is 1. The molecule has 8 heteroatoms. The number of aliphatic hydroxyl groups excluding tert-OH is 1. The Morgan fingerprint density at radius 3 is 3.00 bits per heavy atom. The number of aromatic nitrogens is 1. The first kappa shape index (κ1) is 17.3. The van der Waals surface area contributed by atoms with Crippen LogP contribution in [-0.4, -0.2) is 35.3 Å². The third-order valence-electron chi connectivity index (χ3n) is 2.88. The van der Waals surface area contributed by atoms with Crippen LogP contribution in [-0.2, 0) is 0 Å². The first-order valence-corrected chi connectivity index (χ1v) is 7.89. The molecule has 1 heterocycles. The fraction of sp³-hybridized carbons (Fsp3) is 0.333. The topological polar surface area (TPSA) is 97.5 Å². The number of carbonyl (C=O) groups is 1. The largest absolute Gasteiger partial charge is 0.491 e. The predicted molar refractivity (Wildman–Crippen MR) is 85.0 cm³/mol. The number of carbonyl (C=O) groups excluding carboxylic acids is 1. The van der Waals surface area contributed by atoms with Crippen molar-refractivity contribution in [2.45, 2.75) is 19.1 Å². The van der Waals surface area contributed by atoms with Gasteiger partial charge in [-0.1, -0.05) is 6.07 Å². The molecule has 124 valence electrons. The minimum Gasteiger partial charge on any atom is -0.491 e. The summed E-state index contributed by atoms with van der Waals surface area (Å²) in [5.74, 6) is -0.492. The van der Waals surface area contributed by atoms with Gasteiger partial charge in [-0.3, -0.25) is 4.79 Å². The van der Waals surface area contributed by atoms with Crippen molar-refractivity contribution in [2.24, 2.45) is 5.73 Å². The van der Waals surface area contributed by atoms with E-state index in [-0.39, 0.29) is 24.9 Å². The highest BCUT2D eigenvalue weighted by atomic mass is 32.1. The van der Waals surface area contributed by atoms with Gasteiger partial charge in [0.05, 0.1) is 6.04 Å². The van der Waals surface area contributed by atoms with Crippen molar-refractivity contribution in [3.63, 3.8) is 0 Å². The molecule has 0 radical (unpaired) electrons.